The number of hydrogen-bond acceptors (Lipinski definition) is 5. The van der Waals surface area contributed by atoms with Crippen molar-refractivity contribution in [3.05, 3.63) is 47.1 Å². The molecule has 7 nitrogen and oxygen atoms in total. The van der Waals surface area contributed by atoms with Crippen LogP contribution in [0.15, 0.2) is 41.4 Å². The summed E-state index contributed by atoms with van der Waals surface area (Å²) in [5.41, 5.74) is -0.118. The number of nitrogens with zero attached hydrogens (tertiary/aromatic N) is 1. The zero-order valence-electron chi connectivity index (χ0n) is 11.3. The van der Waals surface area contributed by atoms with Crippen LogP contribution in [0.3, 0.4) is 0 Å². The molecule has 2 N–H and O–H groups in total. The summed E-state index contributed by atoms with van der Waals surface area (Å²) in [7, 11) is -2.49. The molecule has 2 rings (SSSR count). The van der Waals surface area contributed by atoms with E-state index in [1.54, 1.807) is 0 Å². The summed E-state index contributed by atoms with van der Waals surface area (Å²) in [5.74, 6) is -0.976. The highest BCUT2D eigenvalue weighted by Crippen LogP contribution is 2.23. The van der Waals surface area contributed by atoms with Gasteiger partial charge in [-0.15, -0.1) is 0 Å². The molecule has 9 heteroatoms. The molecule has 0 unspecified atom stereocenters. The minimum atomic E-state index is -3.90. The highest BCUT2D eigenvalue weighted by Gasteiger charge is 2.17. The van der Waals surface area contributed by atoms with Gasteiger partial charge in [-0.3, -0.25) is 4.72 Å². The molecular formula is C13H11ClN2O5S. The van der Waals surface area contributed by atoms with Gasteiger partial charge in [-0.25, -0.2) is 18.2 Å². The number of rotatable bonds is 5. The molecule has 0 amide bonds. The third-order valence-electron chi connectivity index (χ3n) is 2.68. The van der Waals surface area contributed by atoms with Crippen LogP contribution < -0.4 is 9.46 Å². The molecular weight excluding hydrogens is 332 g/mol. The summed E-state index contributed by atoms with van der Waals surface area (Å²) in [5, 5.41) is 8.99. The zero-order valence-corrected chi connectivity index (χ0v) is 12.9. The van der Waals surface area contributed by atoms with E-state index >= 15 is 0 Å². The fraction of sp³-hybridized carbons (Fsp3) is 0.0769. The Morgan fingerprint density at radius 1 is 1.32 bits per heavy atom. The molecule has 0 fully saturated rings. The molecule has 116 valence electrons. The number of pyridine rings is 1. The Morgan fingerprint density at radius 2 is 2.05 bits per heavy atom. The van der Waals surface area contributed by atoms with Crippen molar-refractivity contribution in [1.82, 2.24) is 4.98 Å². The number of nitrogens with one attached hydrogen (secondary N) is 1. The third kappa shape index (κ3) is 3.46. The number of hydrogen-bond donors (Lipinski definition) is 2. The largest absolute Gasteiger partial charge is 0.481 e. The van der Waals surface area contributed by atoms with Crippen LogP contribution >= 0.6 is 11.6 Å². The van der Waals surface area contributed by atoms with Crippen LogP contribution in [0.1, 0.15) is 10.4 Å². The van der Waals surface area contributed by atoms with Gasteiger partial charge in [-0.05, 0) is 24.3 Å². The Morgan fingerprint density at radius 3 is 2.59 bits per heavy atom. The molecule has 0 radical (unpaired) electrons. The number of carboxylic acid groups (broad SMARTS) is 1. The van der Waals surface area contributed by atoms with Crippen LogP contribution in [-0.2, 0) is 10.0 Å². The first-order valence-electron chi connectivity index (χ1n) is 5.89. The van der Waals surface area contributed by atoms with E-state index in [9.17, 15) is 13.2 Å². The van der Waals surface area contributed by atoms with Crippen molar-refractivity contribution in [2.75, 3.05) is 11.8 Å². The molecule has 0 aliphatic heterocycles. The van der Waals surface area contributed by atoms with Crippen molar-refractivity contribution < 1.29 is 23.1 Å². The molecule has 0 aliphatic carbocycles. The summed E-state index contributed by atoms with van der Waals surface area (Å²) >= 11 is 5.73. The molecule has 0 atom stereocenters. The van der Waals surface area contributed by atoms with Gasteiger partial charge in [-0.1, -0.05) is 11.6 Å². The normalized spacial score (nSPS) is 11.0. The summed E-state index contributed by atoms with van der Waals surface area (Å²) in [6.07, 6.45) is 1.13. The summed E-state index contributed by atoms with van der Waals surface area (Å²) in [6.45, 7) is 0. The Hall–Kier alpha value is -2.32. The standard InChI is InChI=1S/C13H11ClN2O5S/c1-21-12-5-3-9(7-15-12)22(19,20)16-8-2-4-11(14)10(6-8)13(17)18/h2-7,16H,1H3,(H,17,18). The van der Waals surface area contributed by atoms with Gasteiger partial charge in [0.25, 0.3) is 10.0 Å². The van der Waals surface area contributed by atoms with E-state index < -0.39 is 16.0 Å². The molecule has 0 bridgehead atoms. The molecule has 2 aromatic rings. The van der Waals surface area contributed by atoms with Crippen LogP contribution in [0.5, 0.6) is 5.88 Å². The quantitative estimate of drug-likeness (QED) is 0.863. The van der Waals surface area contributed by atoms with E-state index in [4.69, 9.17) is 21.4 Å². The third-order valence-corrected chi connectivity index (χ3v) is 4.37. The van der Waals surface area contributed by atoms with Crippen LogP contribution in [0.25, 0.3) is 0 Å². The maximum Gasteiger partial charge on any atom is 0.337 e. The minimum absolute atomic E-state index is 0.0153. The molecule has 0 saturated carbocycles. The zero-order chi connectivity index (χ0) is 16.3. The molecule has 1 heterocycles. The monoisotopic (exact) mass is 342 g/mol. The van der Waals surface area contributed by atoms with Crippen LogP contribution in [0.4, 0.5) is 5.69 Å². The average Bonchev–Trinajstić information content (AvgIpc) is 2.48. The number of ether oxygens (including phenoxy) is 1. The summed E-state index contributed by atoms with van der Waals surface area (Å²) in [4.78, 5) is 14.7. The van der Waals surface area contributed by atoms with Crippen molar-refractivity contribution in [1.29, 1.82) is 0 Å². The summed E-state index contributed by atoms with van der Waals surface area (Å²) in [6, 6.07) is 6.53. The van der Waals surface area contributed by atoms with Gasteiger partial charge in [0.05, 0.1) is 23.9 Å². The molecule has 22 heavy (non-hydrogen) atoms. The topological polar surface area (TPSA) is 106 Å². The number of benzene rings is 1. The number of sulfonamides is 1. The van der Waals surface area contributed by atoms with E-state index in [1.165, 1.54) is 31.4 Å². The Bertz CT molecular complexity index is 806. The molecule has 0 saturated heterocycles. The SMILES string of the molecule is COc1ccc(S(=O)(=O)Nc2ccc(Cl)c(C(=O)O)c2)cn1. The smallest absolute Gasteiger partial charge is 0.337 e. The predicted octanol–water partition coefficient (Wildman–Crippen LogP) is 2.24. The fourth-order valence-corrected chi connectivity index (χ4v) is 2.81. The number of aromatic nitrogens is 1. The van der Waals surface area contributed by atoms with Crippen molar-refractivity contribution in [3.63, 3.8) is 0 Å². The minimum Gasteiger partial charge on any atom is -0.481 e. The molecule has 0 spiro atoms. The number of anilines is 1. The highest BCUT2D eigenvalue weighted by atomic mass is 35.5. The van der Waals surface area contributed by atoms with E-state index in [0.717, 1.165) is 12.3 Å². The maximum absolute atomic E-state index is 12.2. The van der Waals surface area contributed by atoms with Gasteiger partial charge < -0.3 is 9.84 Å². The number of aromatic carboxylic acids is 1. The number of methoxy groups -OCH3 is 1. The van der Waals surface area contributed by atoms with Crippen molar-refractivity contribution in [2.24, 2.45) is 0 Å². The van der Waals surface area contributed by atoms with Crippen LogP contribution in [0, 0.1) is 0 Å². The Kier molecular flexibility index (Phi) is 4.53. The Balaban J connectivity index is 2.32. The average molecular weight is 343 g/mol. The second-order valence-electron chi connectivity index (χ2n) is 4.14. The van der Waals surface area contributed by atoms with Crippen LogP contribution in [0.2, 0.25) is 5.02 Å². The van der Waals surface area contributed by atoms with Crippen molar-refractivity contribution in [3.8, 4) is 5.88 Å². The predicted molar refractivity (Wildman–Crippen MR) is 80.0 cm³/mol. The lowest BCUT2D eigenvalue weighted by Crippen LogP contribution is -2.13. The Labute approximate surface area is 131 Å². The van der Waals surface area contributed by atoms with E-state index in [-0.39, 0.29) is 27.0 Å². The van der Waals surface area contributed by atoms with Gasteiger partial charge in [0, 0.05) is 11.8 Å². The molecule has 0 aliphatic rings. The van der Waals surface area contributed by atoms with Crippen molar-refractivity contribution >= 4 is 33.3 Å². The maximum atomic E-state index is 12.2. The number of halogens is 1. The second kappa shape index (κ2) is 6.20. The van der Waals surface area contributed by atoms with Gasteiger partial charge in [0.15, 0.2) is 0 Å². The lowest BCUT2D eigenvalue weighted by atomic mass is 10.2. The first-order valence-corrected chi connectivity index (χ1v) is 7.75. The lowest BCUT2D eigenvalue weighted by Gasteiger charge is -2.09. The fourth-order valence-electron chi connectivity index (χ4n) is 1.61. The summed E-state index contributed by atoms with van der Waals surface area (Å²) < 4.78 is 31.5. The first-order chi connectivity index (χ1) is 10.3. The van der Waals surface area contributed by atoms with Gasteiger partial charge in [0.2, 0.25) is 5.88 Å². The van der Waals surface area contributed by atoms with E-state index in [0.29, 0.717) is 0 Å². The molecule has 1 aromatic heterocycles. The van der Waals surface area contributed by atoms with E-state index in [1.807, 2.05) is 0 Å². The van der Waals surface area contributed by atoms with Gasteiger partial charge in [-0.2, -0.15) is 0 Å². The molecule has 1 aromatic carbocycles. The van der Waals surface area contributed by atoms with Gasteiger partial charge >= 0.3 is 5.97 Å². The first kappa shape index (κ1) is 16.1. The number of carboxylic acids is 1. The number of carbonyl (C=O) groups is 1. The van der Waals surface area contributed by atoms with Gasteiger partial charge in [0.1, 0.15) is 4.90 Å². The van der Waals surface area contributed by atoms with Crippen LogP contribution in [-0.4, -0.2) is 31.6 Å². The second-order valence-corrected chi connectivity index (χ2v) is 6.23. The highest BCUT2D eigenvalue weighted by molar-refractivity contribution is 7.92. The van der Waals surface area contributed by atoms with E-state index in [2.05, 4.69) is 9.71 Å². The lowest BCUT2D eigenvalue weighted by molar-refractivity contribution is 0.0697. The van der Waals surface area contributed by atoms with Crippen molar-refractivity contribution in [2.45, 2.75) is 4.90 Å².